The highest BCUT2D eigenvalue weighted by Gasteiger charge is 2.42. The van der Waals surface area contributed by atoms with Crippen molar-refractivity contribution in [1.29, 1.82) is 0 Å². The molecule has 8 heteroatoms. The van der Waals surface area contributed by atoms with E-state index in [-0.39, 0.29) is 0 Å². The van der Waals surface area contributed by atoms with Gasteiger partial charge in [-0.2, -0.15) is 0 Å². The zero-order valence-corrected chi connectivity index (χ0v) is 53.2. The zero-order chi connectivity index (χ0) is 62.7. The molecule has 10 heterocycles. The molecular formula is C88H68N8. The Morgan fingerprint density at radius 3 is 0.740 bits per heavy atom. The number of allylic oxidation sites excluding steroid dienone is 12. The van der Waals surface area contributed by atoms with E-state index in [4.69, 9.17) is 19.9 Å². The molecule has 0 saturated carbocycles. The first kappa shape index (κ1) is 54.4. The highest BCUT2D eigenvalue weighted by atomic mass is 14.8. The van der Waals surface area contributed by atoms with Crippen LogP contribution < -0.4 is 0 Å². The van der Waals surface area contributed by atoms with Crippen LogP contribution in [0.5, 0.6) is 0 Å². The first-order valence-corrected chi connectivity index (χ1v) is 35.0. The minimum absolute atomic E-state index is 0.452. The van der Waals surface area contributed by atoms with Gasteiger partial charge in [-0.1, -0.05) is 170 Å². The van der Waals surface area contributed by atoms with Crippen molar-refractivity contribution < 1.29 is 0 Å². The largest absolute Gasteiger partial charge is 0.355 e. The van der Waals surface area contributed by atoms with Gasteiger partial charge in [0.25, 0.3) is 0 Å². The maximum atomic E-state index is 5.57. The molecule has 0 saturated heterocycles. The molecule has 460 valence electrons. The highest BCUT2D eigenvalue weighted by Crippen LogP contribution is 2.57. The van der Waals surface area contributed by atoms with Crippen LogP contribution in [0.2, 0.25) is 0 Å². The van der Waals surface area contributed by atoms with Crippen LogP contribution >= 0.6 is 0 Å². The number of benzene rings is 4. The van der Waals surface area contributed by atoms with Crippen molar-refractivity contribution in [2.24, 2.45) is 23.7 Å². The van der Waals surface area contributed by atoms with E-state index in [2.05, 4.69) is 238 Å². The van der Waals surface area contributed by atoms with Gasteiger partial charge in [0.2, 0.25) is 0 Å². The van der Waals surface area contributed by atoms with Gasteiger partial charge >= 0.3 is 0 Å². The molecule has 6 aromatic heterocycles. The molecule has 0 fully saturated rings. The van der Waals surface area contributed by atoms with E-state index in [1.54, 1.807) is 0 Å². The summed E-state index contributed by atoms with van der Waals surface area (Å²) in [6.45, 7) is 0. The summed E-state index contributed by atoms with van der Waals surface area (Å²) in [5.41, 5.74) is 38.0. The van der Waals surface area contributed by atoms with Crippen LogP contribution in [-0.4, -0.2) is 39.9 Å². The van der Waals surface area contributed by atoms with Gasteiger partial charge in [-0.25, -0.2) is 19.9 Å². The lowest BCUT2D eigenvalue weighted by molar-refractivity contribution is 0.557. The molecule has 0 radical (unpaired) electrons. The van der Waals surface area contributed by atoms with Gasteiger partial charge in [0, 0.05) is 114 Å². The predicted molar refractivity (Wildman–Crippen MR) is 394 cm³/mol. The molecule has 4 aliphatic heterocycles. The lowest BCUT2D eigenvalue weighted by atomic mass is 9.69. The second-order valence-corrected chi connectivity index (χ2v) is 28.2. The normalized spacial score (nSPS) is 22.8. The molecule has 4 aromatic carbocycles. The summed E-state index contributed by atoms with van der Waals surface area (Å²) < 4.78 is 0. The summed E-state index contributed by atoms with van der Waals surface area (Å²) in [6.07, 6.45) is 38.3. The zero-order valence-electron chi connectivity index (χ0n) is 53.2. The molecule has 8 atom stereocenters. The van der Waals surface area contributed by atoms with E-state index in [0.717, 1.165) is 101 Å². The minimum Gasteiger partial charge on any atom is -0.355 e. The van der Waals surface area contributed by atoms with E-state index < -0.39 is 0 Å². The number of hydrogen-bond acceptors (Lipinski definition) is 4. The van der Waals surface area contributed by atoms with Crippen LogP contribution in [0.15, 0.2) is 218 Å². The number of aromatic nitrogens is 8. The maximum Gasteiger partial charge on any atom is 0.0737 e. The van der Waals surface area contributed by atoms with E-state index in [9.17, 15) is 0 Å². The van der Waals surface area contributed by atoms with Crippen LogP contribution in [0.3, 0.4) is 0 Å². The van der Waals surface area contributed by atoms with Crippen LogP contribution in [0, 0.1) is 23.7 Å². The maximum absolute atomic E-state index is 5.57. The molecule has 16 aliphatic rings. The van der Waals surface area contributed by atoms with Gasteiger partial charge < -0.3 is 19.9 Å². The summed E-state index contributed by atoms with van der Waals surface area (Å²) in [5.74, 6) is 3.74. The van der Waals surface area contributed by atoms with Gasteiger partial charge in [-0.15, -0.1) is 0 Å². The average Bonchev–Trinajstić information content (AvgIpc) is 1.58. The van der Waals surface area contributed by atoms with Crippen LogP contribution in [-0.2, 0) is 0 Å². The first-order valence-electron chi connectivity index (χ1n) is 35.0. The third-order valence-corrected chi connectivity index (χ3v) is 23.0. The van der Waals surface area contributed by atoms with Crippen molar-refractivity contribution in [2.75, 3.05) is 0 Å². The van der Waals surface area contributed by atoms with Gasteiger partial charge in [0.05, 0.1) is 45.6 Å². The number of nitrogens with one attached hydrogen (secondary N) is 4. The molecule has 10 aromatic rings. The van der Waals surface area contributed by atoms with Crippen molar-refractivity contribution in [3.05, 3.63) is 286 Å². The number of hydrogen-bond donors (Lipinski definition) is 4. The summed E-state index contributed by atoms with van der Waals surface area (Å²) in [4.78, 5) is 37.5. The molecule has 24 bridgehead atoms. The topological polar surface area (TPSA) is 115 Å². The number of H-pyrrole nitrogens is 4. The monoisotopic (exact) mass is 1240 g/mol. The van der Waals surface area contributed by atoms with Gasteiger partial charge in [-0.05, 0) is 191 Å². The average molecular weight is 1240 g/mol. The lowest BCUT2D eigenvalue weighted by Crippen LogP contribution is -2.19. The SMILES string of the molecule is C1=CC2CCC1C1=C2c2cc3[nH]c(cc4[nH]c(cc5nc(cc1n2)C1=C5C2C=CC1CC2)c1c4C2C=CC1CC2)c1c3C2C=CC1CC2.C1=Cc2nc1c(-c1ccccc1)c1ccc([nH]1)c(-c1ccccc1)c1nc(c(-c3ccccc3)c3ccc([nH]3)c2-c2ccccc2)C=C1. The van der Waals surface area contributed by atoms with Crippen molar-refractivity contribution in [3.8, 4) is 44.5 Å². The lowest BCUT2D eigenvalue weighted by Gasteiger charge is -2.33. The van der Waals surface area contributed by atoms with Crippen molar-refractivity contribution in [3.63, 3.8) is 0 Å². The van der Waals surface area contributed by atoms with Crippen molar-refractivity contribution in [2.45, 2.75) is 75.0 Å². The van der Waals surface area contributed by atoms with Crippen LogP contribution in [0.25, 0.3) is 135 Å². The van der Waals surface area contributed by atoms with E-state index >= 15 is 0 Å². The molecule has 0 spiro atoms. The van der Waals surface area contributed by atoms with Gasteiger partial charge in [0.15, 0.2) is 0 Å². The quantitative estimate of drug-likeness (QED) is 0.131. The number of aromatic amines is 4. The number of rotatable bonds is 4. The van der Waals surface area contributed by atoms with Crippen molar-refractivity contribution >= 4 is 90.7 Å². The Hall–Kier alpha value is -11.0. The Bertz CT molecular complexity index is 5130. The highest BCUT2D eigenvalue weighted by molar-refractivity contribution is 6.03. The fourth-order valence-electron chi connectivity index (χ4n) is 18.8. The summed E-state index contributed by atoms with van der Waals surface area (Å²) in [6, 6.07) is 60.4. The fourth-order valence-corrected chi connectivity index (χ4v) is 18.8. The summed E-state index contributed by atoms with van der Waals surface area (Å²) in [7, 11) is 0. The molecular weight excluding hydrogens is 1170 g/mol. The Balaban J connectivity index is 0.000000127. The Labute approximate surface area is 556 Å². The molecule has 4 N–H and O–H groups in total. The number of nitrogens with zero attached hydrogens (tertiary/aromatic N) is 4. The molecule has 12 aliphatic carbocycles. The van der Waals surface area contributed by atoms with E-state index in [0.29, 0.717) is 47.3 Å². The van der Waals surface area contributed by atoms with Gasteiger partial charge in [0.1, 0.15) is 0 Å². The summed E-state index contributed by atoms with van der Waals surface area (Å²) in [5, 5.41) is 0. The molecule has 8 unspecified atom stereocenters. The van der Waals surface area contributed by atoms with Crippen LogP contribution in [0.1, 0.15) is 143 Å². The minimum atomic E-state index is 0.452. The Kier molecular flexibility index (Phi) is 12.1. The van der Waals surface area contributed by atoms with E-state index in [1.807, 2.05) is 24.3 Å². The predicted octanol–water partition coefficient (Wildman–Crippen LogP) is 21.7. The molecule has 26 rings (SSSR count). The summed E-state index contributed by atoms with van der Waals surface area (Å²) >= 11 is 0. The molecule has 0 amide bonds. The first-order chi connectivity index (χ1) is 47.5. The Morgan fingerprint density at radius 2 is 0.469 bits per heavy atom. The standard InChI is InChI=1S/C44H38N4.C44H30N4/c1-2-22-4-3-21(1)37-29-17-31-39-23-5-7-25(8-6-23)41(39)33(46-31)19-35-43-27-13-15-28(16-14-27)44(43)36(48-35)20-34-42-26-11-9-24(10-12-26)40(42)32(47-34)18-30(45-29)38(22)37;1-5-13-29(14-6-1)41-33-21-23-35(45-33)42(30-15-7-2-8-16-30)37-25-27-39(47-37)44(32-19-11-4-12-20-32)40-28-26-38(48-40)43(31-17-9-3-10-18-31)36-24-22-34(41)46-36/h1-2,5,7,9,11,13,15,17-28,45-46H,3-4,6,8,10,12,14,16H2;1-28,45,48H. The molecule has 96 heavy (non-hydrogen) atoms. The van der Waals surface area contributed by atoms with Crippen LogP contribution in [0.4, 0.5) is 0 Å². The number of fused-ring (bicyclic) bond motifs is 20. The molecule has 8 nitrogen and oxygen atoms in total. The van der Waals surface area contributed by atoms with Crippen molar-refractivity contribution in [1.82, 2.24) is 39.9 Å². The fraction of sp³-hybridized carbons (Fsp3) is 0.182. The second-order valence-electron chi connectivity index (χ2n) is 28.2. The van der Waals surface area contributed by atoms with E-state index in [1.165, 1.54) is 129 Å². The third-order valence-electron chi connectivity index (χ3n) is 23.0. The second kappa shape index (κ2) is 21.3. The Morgan fingerprint density at radius 1 is 0.229 bits per heavy atom. The smallest absolute Gasteiger partial charge is 0.0737 e. The van der Waals surface area contributed by atoms with Gasteiger partial charge in [-0.3, -0.25) is 0 Å². The third kappa shape index (κ3) is 8.46.